The topological polar surface area (TPSA) is 71.5 Å². The van der Waals surface area contributed by atoms with Crippen molar-refractivity contribution in [2.75, 3.05) is 19.0 Å². The number of rotatable bonds is 6. The number of hydrogen-bond acceptors (Lipinski definition) is 5. The van der Waals surface area contributed by atoms with E-state index in [0.29, 0.717) is 36.5 Å². The van der Waals surface area contributed by atoms with E-state index in [1.807, 2.05) is 13.8 Å². The summed E-state index contributed by atoms with van der Waals surface area (Å²) in [7, 11) is 1.34. The van der Waals surface area contributed by atoms with Crippen LogP contribution >= 0.6 is 0 Å². The Morgan fingerprint density at radius 1 is 1.42 bits per heavy atom. The fraction of sp³-hybridized carbons (Fsp3) is 0.571. The van der Waals surface area contributed by atoms with Gasteiger partial charge in [0.25, 0.3) is 0 Å². The SMILES string of the molecule is CCC(O)(CC)CNc1ccc(C(=O)OC)c(C)n1. The Morgan fingerprint density at radius 3 is 2.53 bits per heavy atom. The Hall–Kier alpha value is -1.62. The highest BCUT2D eigenvalue weighted by atomic mass is 16.5. The predicted octanol–water partition coefficient (Wildman–Crippen LogP) is 2.14. The first-order valence-corrected chi connectivity index (χ1v) is 6.48. The number of nitrogens with one attached hydrogen (secondary N) is 1. The number of esters is 1. The third-order valence-corrected chi connectivity index (χ3v) is 3.41. The van der Waals surface area contributed by atoms with Crippen molar-refractivity contribution >= 4 is 11.8 Å². The van der Waals surface area contributed by atoms with E-state index in [4.69, 9.17) is 0 Å². The maximum atomic E-state index is 11.4. The highest BCUT2D eigenvalue weighted by Gasteiger charge is 2.22. The quantitative estimate of drug-likeness (QED) is 0.772. The molecule has 0 aliphatic carbocycles. The zero-order chi connectivity index (χ0) is 14.5. The van der Waals surface area contributed by atoms with Crippen molar-refractivity contribution < 1.29 is 14.6 Å². The maximum Gasteiger partial charge on any atom is 0.339 e. The molecule has 19 heavy (non-hydrogen) atoms. The molecular weight excluding hydrogens is 244 g/mol. The molecule has 5 heteroatoms. The lowest BCUT2D eigenvalue weighted by Crippen LogP contribution is -2.35. The smallest absolute Gasteiger partial charge is 0.339 e. The summed E-state index contributed by atoms with van der Waals surface area (Å²) in [6.45, 7) is 6.09. The van der Waals surface area contributed by atoms with Gasteiger partial charge in [-0.25, -0.2) is 9.78 Å². The van der Waals surface area contributed by atoms with Crippen LogP contribution in [0.3, 0.4) is 0 Å². The second kappa shape index (κ2) is 6.52. The molecule has 0 unspecified atom stereocenters. The molecule has 0 aromatic carbocycles. The Kier molecular flexibility index (Phi) is 5.30. The normalized spacial score (nSPS) is 11.2. The molecule has 0 radical (unpaired) electrons. The number of aliphatic hydroxyl groups is 1. The van der Waals surface area contributed by atoms with Crippen LogP contribution in [0.4, 0.5) is 5.82 Å². The third-order valence-electron chi connectivity index (χ3n) is 3.41. The van der Waals surface area contributed by atoms with E-state index >= 15 is 0 Å². The van der Waals surface area contributed by atoms with Crippen LogP contribution in [0.5, 0.6) is 0 Å². The van der Waals surface area contributed by atoms with E-state index in [-0.39, 0.29) is 0 Å². The van der Waals surface area contributed by atoms with Gasteiger partial charge in [-0.2, -0.15) is 0 Å². The number of hydrogen-bond donors (Lipinski definition) is 2. The van der Waals surface area contributed by atoms with Crippen LogP contribution in [0.2, 0.25) is 0 Å². The van der Waals surface area contributed by atoms with Gasteiger partial charge in [0.15, 0.2) is 0 Å². The number of aryl methyl sites for hydroxylation is 1. The first-order valence-electron chi connectivity index (χ1n) is 6.48. The fourth-order valence-electron chi connectivity index (χ4n) is 1.74. The lowest BCUT2D eigenvalue weighted by Gasteiger charge is -2.25. The number of nitrogens with zero attached hydrogens (tertiary/aromatic N) is 1. The van der Waals surface area contributed by atoms with Gasteiger partial charge < -0.3 is 15.2 Å². The number of anilines is 1. The van der Waals surface area contributed by atoms with Crippen molar-refractivity contribution in [1.29, 1.82) is 0 Å². The van der Waals surface area contributed by atoms with E-state index in [2.05, 4.69) is 15.0 Å². The molecule has 0 fully saturated rings. The van der Waals surface area contributed by atoms with Crippen molar-refractivity contribution in [3.8, 4) is 0 Å². The molecule has 0 aliphatic heterocycles. The summed E-state index contributed by atoms with van der Waals surface area (Å²) in [6.07, 6.45) is 1.35. The number of carbonyl (C=O) groups excluding carboxylic acids is 1. The van der Waals surface area contributed by atoms with Gasteiger partial charge in [-0.15, -0.1) is 0 Å². The average molecular weight is 266 g/mol. The average Bonchev–Trinajstić information content (AvgIpc) is 2.44. The minimum atomic E-state index is -0.726. The molecule has 0 saturated heterocycles. The Labute approximate surface area is 114 Å². The fourth-order valence-corrected chi connectivity index (χ4v) is 1.74. The van der Waals surface area contributed by atoms with Gasteiger partial charge in [0.2, 0.25) is 0 Å². The zero-order valence-electron chi connectivity index (χ0n) is 12.0. The Morgan fingerprint density at radius 2 is 2.05 bits per heavy atom. The van der Waals surface area contributed by atoms with Crippen molar-refractivity contribution in [3.63, 3.8) is 0 Å². The summed E-state index contributed by atoms with van der Waals surface area (Å²) < 4.78 is 4.67. The highest BCUT2D eigenvalue weighted by Crippen LogP contribution is 2.17. The molecular formula is C14H22N2O3. The molecule has 0 bridgehead atoms. The number of aromatic nitrogens is 1. The van der Waals surface area contributed by atoms with E-state index in [1.165, 1.54) is 7.11 Å². The first-order chi connectivity index (χ1) is 8.95. The van der Waals surface area contributed by atoms with E-state index in [1.54, 1.807) is 19.1 Å². The van der Waals surface area contributed by atoms with Gasteiger partial charge in [-0.1, -0.05) is 13.8 Å². The van der Waals surface area contributed by atoms with Gasteiger partial charge in [0, 0.05) is 6.54 Å². The summed E-state index contributed by atoms with van der Waals surface area (Å²) in [5, 5.41) is 13.3. The number of carbonyl (C=O) groups is 1. The van der Waals surface area contributed by atoms with Gasteiger partial charge in [0.1, 0.15) is 5.82 Å². The van der Waals surface area contributed by atoms with E-state index in [9.17, 15) is 9.90 Å². The minimum absolute atomic E-state index is 0.393. The van der Waals surface area contributed by atoms with Gasteiger partial charge in [0.05, 0.1) is 24.0 Å². The van der Waals surface area contributed by atoms with Gasteiger partial charge >= 0.3 is 5.97 Å². The first kappa shape index (κ1) is 15.4. The monoisotopic (exact) mass is 266 g/mol. The second-order valence-electron chi connectivity index (χ2n) is 4.61. The van der Waals surface area contributed by atoms with Crippen LogP contribution in [0.25, 0.3) is 0 Å². The van der Waals surface area contributed by atoms with Crippen LogP contribution in [0.1, 0.15) is 42.7 Å². The summed E-state index contributed by atoms with van der Waals surface area (Å²) in [4.78, 5) is 15.7. The second-order valence-corrected chi connectivity index (χ2v) is 4.61. The van der Waals surface area contributed by atoms with Crippen LogP contribution in [0, 0.1) is 6.92 Å². The van der Waals surface area contributed by atoms with Crippen LogP contribution in [0.15, 0.2) is 12.1 Å². The van der Waals surface area contributed by atoms with E-state index in [0.717, 1.165) is 0 Å². The van der Waals surface area contributed by atoms with Crippen molar-refractivity contribution in [2.45, 2.75) is 39.2 Å². The van der Waals surface area contributed by atoms with Crippen molar-refractivity contribution in [3.05, 3.63) is 23.4 Å². The lowest BCUT2D eigenvalue weighted by atomic mass is 9.98. The zero-order valence-corrected chi connectivity index (χ0v) is 12.0. The molecule has 1 heterocycles. The number of methoxy groups -OCH3 is 1. The summed E-state index contributed by atoms with van der Waals surface area (Å²) >= 11 is 0. The molecule has 0 amide bonds. The Bertz CT molecular complexity index is 442. The van der Waals surface area contributed by atoms with Gasteiger partial charge in [-0.3, -0.25) is 0 Å². The van der Waals surface area contributed by atoms with Crippen molar-refractivity contribution in [2.24, 2.45) is 0 Å². The minimum Gasteiger partial charge on any atom is -0.465 e. The third kappa shape index (κ3) is 3.92. The number of ether oxygens (including phenoxy) is 1. The molecule has 0 saturated carbocycles. The Balaban J connectivity index is 2.77. The summed E-state index contributed by atoms with van der Waals surface area (Å²) in [5.41, 5.74) is 0.332. The molecule has 1 rings (SSSR count). The van der Waals surface area contributed by atoms with Crippen LogP contribution < -0.4 is 5.32 Å². The molecule has 1 aromatic heterocycles. The molecule has 1 aromatic rings. The van der Waals surface area contributed by atoms with Crippen molar-refractivity contribution in [1.82, 2.24) is 4.98 Å². The predicted molar refractivity (Wildman–Crippen MR) is 74.3 cm³/mol. The molecule has 5 nitrogen and oxygen atoms in total. The lowest BCUT2D eigenvalue weighted by molar-refractivity contribution is 0.0456. The van der Waals surface area contributed by atoms with E-state index < -0.39 is 11.6 Å². The number of pyridine rings is 1. The van der Waals surface area contributed by atoms with Crippen LogP contribution in [-0.2, 0) is 4.74 Å². The summed E-state index contributed by atoms with van der Waals surface area (Å²) in [5.74, 6) is 0.251. The van der Waals surface area contributed by atoms with Crippen LogP contribution in [-0.4, -0.2) is 35.3 Å². The molecule has 0 aliphatic rings. The molecule has 2 N–H and O–H groups in total. The van der Waals surface area contributed by atoms with Gasteiger partial charge in [-0.05, 0) is 31.9 Å². The largest absolute Gasteiger partial charge is 0.465 e. The summed E-state index contributed by atoms with van der Waals surface area (Å²) in [6, 6.07) is 3.39. The maximum absolute atomic E-state index is 11.4. The highest BCUT2D eigenvalue weighted by molar-refractivity contribution is 5.90. The molecule has 0 atom stereocenters. The molecule has 0 spiro atoms. The molecule has 106 valence electrons. The standard InChI is InChI=1S/C14H22N2O3/c1-5-14(18,6-2)9-15-12-8-7-11(10(3)16-12)13(17)19-4/h7-8,18H,5-6,9H2,1-4H3,(H,15,16).